The topological polar surface area (TPSA) is 33.2 Å². The molecule has 0 spiro atoms. The van der Waals surface area contributed by atoms with Crippen LogP contribution in [0.4, 0.5) is 0 Å². The average molecular weight is 346 g/mol. The number of hydrogen-bond donors (Lipinski definition) is 0. The van der Waals surface area contributed by atoms with Crippen molar-refractivity contribution in [2.75, 3.05) is 7.05 Å². The second-order valence-corrected chi connectivity index (χ2v) is 5.77. The summed E-state index contributed by atoms with van der Waals surface area (Å²) in [5, 5.41) is 2.53. The minimum Gasteiger partial charge on any atom is -0.336 e. The Kier molecular flexibility index (Phi) is 4.37. The number of hydrogen-bond acceptors (Lipinski definition) is 3. The van der Waals surface area contributed by atoms with Crippen LogP contribution in [-0.4, -0.2) is 22.8 Å². The lowest BCUT2D eigenvalue weighted by Gasteiger charge is -2.16. The van der Waals surface area contributed by atoms with E-state index in [0.717, 1.165) is 5.69 Å². The van der Waals surface area contributed by atoms with Crippen LogP contribution in [-0.2, 0) is 6.54 Å². The Hall–Kier alpha value is -0.910. The summed E-state index contributed by atoms with van der Waals surface area (Å²) in [7, 11) is 1.75. The molecule has 0 aliphatic carbocycles. The fourth-order valence-electron chi connectivity index (χ4n) is 1.50. The highest BCUT2D eigenvalue weighted by Gasteiger charge is 2.15. The molecule has 0 aliphatic rings. The van der Waals surface area contributed by atoms with Crippen LogP contribution in [0.3, 0.4) is 0 Å². The predicted octanol–water partition coefficient (Wildman–Crippen LogP) is 3.83. The molecule has 3 nitrogen and oxygen atoms in total. The maximum atomic E-state index is 12.2. The minimum absolute atomic E-state index is 0.0634. The first-order chi connectivity index (χ1) is 8.58. The molecule has 1 aromatic heterocycles. The summed E-state index contributed by atoms with van der Waals surface area (Å²) in [4.78, 5) is 18.0. The van der Waals surface area contributed by atoms with Gasteiger partial charge in [0.05, 0.1) is 23.3 Å². The fourth-order valence-corrected chi connectivity index (χ4v) is 2.90. The van der Waals surface area contributed by atoms with Crippen LogP contribution in [0, 0.1) is 0 Å². The van der Waals surface area contributed by atoms with Gasteiger partial charge in [-0.1, -0.05) is 11.6 Å². The van der Waals surface area contributed by atoms with E-state index in [1.54, 1.807) is 35.7 Å². The first kappa shape index (κ1) is 13.5. The van der Waals surface area contributed by atoms with Crippen molar-refractivity contribution in [3.05, 3.63) is 49.8 Å². The summed E-state index contributed by atoms with van der Waals surface area (Å²) >= 11 is 10.7. The van der Waals surface area contributed by atoms with E-state index in [1.807, 2.05) is 5.38 Å². The van der Waals surface area contributed by atoms with Crippen molar-refractivity contribution in [3.63, 3.8) is 0 Å². The van der Waals surface area contributed by atoms with Gasteiger partial charge < -0.3 is 4.90 Å². The molecule has 1 aromatic carbocycles. The predicted molar refractivity (Wildman–Crippen MR) is 77.1 cm³/mol. The second kappa shape index (κ2) is 5.82. The highest BCUT2D eigenvalue weighted by molar-refractivity contribution is 9.10. The van der Waals surface area contributed by atoms with Crippen LogP contribution in [0.2, 0.25) is 5.02 Å². The number of amides is 1. The Balaban J connectivity index is 2.15. The molecule has 0 unspecified atom stereocenters. The molecule has 0 N–H and O–H groups in total. The van der Waals surface area contributed by atoms with Crippen molar-refractivity contribution in [2.24, 2.45) is 0 Å². The number of rotatable bonds is 3. The largest absolute Gasteiger partial charge is 0.336 e. The summed E-state index contributed by atoms with van der Waals surface area (Å²) in [6.45, 7) is 0.497. The third-order valence-corrected chi connectivity index (χ3v) is 3.92. The van der Waals surface area contributed by atoms with Crippen molar-refractivity contribution in [2.45, 2.75) is 6.54 Å². The molecule has 0 fully saturated rings. The van der Waals surface area contributed by atoms with Gasteiger partial charge in [0.2, 0.25) is 0 Å². The SMILES string of the molecule is CN(Cc1cscn1)C(=O)c1ccc(Cl)cc1Br. The first-order valence-electron chi connectivity index (χ1n) is 5.15. The molecule has 0 saturated carbocycles. The molecule has 2 rings (SSSR count). The second-order valence-electron chi connectivity index (χ2n) is 3.77. The highest BCUT2D eigenvalue weighted by atomic mass is 79.9. The zero-order valence-electron chi connectivity index (χ0n) is 9.56. The van der Waals surface area contributed by atoms with E-state index in [2.05, 4.69) is 20.9 Å². The summed E-state index contributed by atoms with van der Waals surface area (Å²) in [5.74, 6) is -0.0634. The Labute approximate surface area is 123 Å². The Morgan fingerprint density at radius 3 is 2.94 bits per heavy atom. The summed E-state index contributed by atoms with van der Waals surface area (Å²) in [5.41, 5.74) is 3.24. The van der Waals surface area contributed by atoms with E-state index in [0.29, 0.717) is 21.6 Å². The molecule has 18 heavy (non-hydrogen) atoms. The lowest BCUT2D eigenvalue weighted by molar-refractivity contribution is 0.0783. The van der Waals surface area contributed by atoms with Crippen molar-refractivity contribution < 1.29 is 4.79 Å². The number of nitrogens with zero attached hydrogens (tertiary/aromatic N) is 2. The van der Waals surface area contributed by atoms with Crippen LogP contribution in [0.5, 0.6) is 0 Å². The normalized spacial score (nSPS) is 10.4. The van der Waals surface area contributed by atoms with Gasteiger partial charge in [-0.3, -0.25) is 4.79 Å². The molecule has 6 heteroatoms. The van der Waals surface area contributed by atoms with Crippen LogP contribution in [0.25, 0.3) is 0 Å². The molecule has 0 atom stereocenters. The van der Waals surface area contributed by atoms with Crippen molar-refractivity contribution >= 4 is 44.8 Å². The van der Waals surface area contributed by atoms with Gasteiger partial charge >= 0.3 is 0 Å². The molecule has 1 amide bonds. The molecular formula is C12H10BrClN2OS. The van der Waals surface area contributed by atoms with E-state index in [-0.39, 0.29) is 5.91 Å². The number of halogens is 2. The van der Waals surface area contributed by atoms with E-state index >= 15 is 0 Å². The van der Waals surface area contributed by atoms with Gasteiger partial charge in [-0.15, -0.1) is 11.3 Å². The lowest BCUT2D eigenvalue weighted by atomic mass is 10.2. The molecule has 0 saturated heterocycles. The number of carbonyl (C=O) groups excluding carboxylic acids is 1. The fraction of sp³-hybridized carbons (Fsp3) is 0.167. The van der Waals surface area contributed by atoms with Gasteiger partial charge in [-0.2, -0.15) is 0 Å². The smallest absolute Gasteiger partial charge is 0.255 e. The maximum absolute atomic E-state index is 12.2. The van der Waals surface area contributed by atoms with Gasteiger partial charge in [0.1, 0.15) is 0 Å². The van der Waals surface area contributed by atoms with Gasteiger partial charge in [-0.05, 0) is 34.1 Å². The third-order valence-electron chi connectivity index (χ3n) is 2.39. The quantitative estimate of drug-likeness (QED) is 0.847. The molecular weight excluding hydrogens is 336 g/mol. The van der Waals surface area contributed by atoms with Crippen LogP contribution in [0.15, 0.2) is 33.6 Å². The number of thiazole rings is 1. The van der Waals surface area contributed by atoms with Gasteiger partial charge in [0, 0.05) is 21.9 Å². The molecule has 0 bridgehead atoms. The zero-order chi connectivity index (χ0) is 13.1. The molecule has 0 aliphatic heterocycles. The van der Waals surface area contributed by atoms with Gasteiger partial charge in [-0.25, -0.2) is 4.98 Å². The molecule has 1 heterocycles. The van der Waals surface area contributed by atoms with Crippen molar-refractivity contribution in [1.82, 2.24) is 9.88 Å². The van der Waals surface area contributed by atoms with E-state index in [4.69, 9.17) is 11.6 Å². The summed E-state index contributed by atoms with van der Waals surface area (Å²) in [6.07, 6.45) is 0. The number of aromatic nitrogens is 1. The van der Waals surface area contributed by atoms with Crippen LogP contribution < -0.4 is 0 Å². The van der Waals surface area contributed by atoms with Crippen molar-refractivity contribution in [1.29, 1.82) is 0 Å². The van der Waals surface area contributed by atoms with E-state index in [9.17, 15) is 4.79 Å². The first-order valence-corrected chi connectivity index (χ1v) is 7.27. The average Bonchev–Trinajstić information content (AvgIpc) is 2.81. The van der Waals surface area contributed by atoms with Gasteiger partial charge in [0.15, 0.2) is 0 Å². The summed E-state index contributed by atoms with van der Waals surface area (Å²) in [6, 6.07) is 5.13. The Morgan fingerprint density at radius 2 is 2.33 bits per heavy atom. The molecule has 0 radical (unpaired) electrons. The minimum atomic E-state index is -0.0634. The standard InChI is InChI=1S/C12H10BrClN2OS/c1-16(5-9-6-18-7-15-9)12(17)10-3-2-8(14)4-11(10)13/h2-4,6-7H,5H2,1H3. The lowest BCUT2D eigenvalue weighted by Crippen LogP contribution is -2.26. The van der Waals surface area contributed by atoms with Crippen LogP contribution >= 0.6 is 38.9 Å². The summed E-state index contributed by atoms with van der Waals surface area (Å²) < 4.78 is 0.699. The molecule has 2 aromatic rings. The maximum Gasteiger partial charge on any atom is 0.255 e. The van der Waals surface area contributed by atoms with Gasteiger partial charge in [0.25, 0.3) is 5.91 Å². The van der Waals surface area contributed by atoms with E-state index in [1.165, 1.54) is 11.3 Å². The highest BCUT2D eigenvalue weighted by Crippen LogP contribution is 2.23. The number of carbonyl (C=O) groups is 1. The number of benzene rings is 1. The van der Waals surface area contributed by atoms with E-state index < -0.39 is 0 Å². The molecule has 94 valence electrons. The Morgan fingerprint density at radius 1 is 1.56 bits per heavy atom. The zero-order valence-corrected chi connectivity index (χ0v) is 12.7. The third kappa shape index (κ3) is 3.10. The Bertz CT molecular complexity index is 559. The van der Waals surface area contributed by atoms with Crippen LogP contribution in [0.1, 0.15) is 16.1 Å². The van der Waals surface area contributed by atoms with Crippen molar-refractivity contribution in [3.8, 4) is 0 Å². The monoisotopic (exact) mass is 344 g/mol.